The monoisotopic (exact) mass is 440 g/mol. The Hall–Kier alpha value is -2.00. The molecule has 3 aromatic rings. The predicted molar refractivity (Wildman–Crippen MR) is 109 cm³/mol. The summed E-state index contributed by atoms with van der Waals surface area (Å²) in [6, 6.07) is 10.9. The molecule has 3 rings (SSSR count). The van der Waals surface area contributed by atoms with Crippen LogP contribution >= 0.6 is 22.9 Å². The first kappa shape index (κ1) is 20.7. The normalized spacial score (nSPS) is 12.7. The molecule has 9 heteroatoms. The first-order chi connectivity index (χ1) is 13.3. The Balaban J connectivity index is 1.68. The molecule has 0 aliphatic heterocycles. The van der Waals surface area contributed by atoms with Crippen molar-refractivity contribution in [3.63, 3.8) is 0 Å². The molecule has 0 fully saturated rings. The molecule has 0 aliphatic rings. The van der Waals surface area contributed by atoms with Crippen LogP contribution in [0.4, 0.5) is 9.52 Å². The molecule has 1 heterocycles. The van der Waals surface area contributed by atoms with E-state index in [1.165, 1.54) is 12.1 Å². The lowest BCUT2D eigenvalue weighted by atomic mass is 10.0. The number of hydrogen-bond donors (Lipinski definition) is 2. The lowest BCUT2D eigenvalue weighted by molar-refractivity contribution is 0.173. The van der Waals surface area contributed by atoms with Gasteiger partial charge in [0.2, 0.25) is 0 Å². The fourth-order valence-corrected chi connectivity index (χ4v) is 5.20. The van der Waals surface area contributed by atoms with Gasteiger partial charge in [0.1, 0.15) is 5.82 Å². The van der Waals surface area contributed by atoms with Gasteiger partial charge in [0.25, 0.3) is 10.0 Å². The number of halogens is 2. The molecule has 0 bridgehead atoms. The van der Waals surface area contributed by atoms with Gasteiger partial charge in [-0.3, -0.25) is 4.72 Å². The van der Waals surface area contributed by atoms with E-state index in [-0.39, 0.29) is 28.7 Å². The van der Waals surface area contributed by atoms with Crippen molar-refractivity contribution in [2.75, 3.05) is 4.72 Å². The second kappa shape index (κ2) is 8.57. The number of anilines is 1. The van der Waals surface area contributed by atoms with Crippen LogP contribution in [0.25, 0.3) is 0 Å². The van der Waals surface area contributed by atoms with Crippen molar-refractivity contribution in [2.24, 2.45) is 0 Å². The molecule has 1 atom stereocenters. The number of hydrogen-bond acceptors (Lipinski definition) is 5. The van der Waals surface area contributed by atoms with Crippen LogP contribution in [0.2, 0.25) is 5.02 Å². The molecule has 0 radical (unpaired) electrons. The molecule has 0 spiro atoms. The van der Waals surface area contributed by atoms with Crippen molar-refractivity contribution < 1.29 is 17.9 Å². The number of nitrogens with one attached hydrogen (secondary N) is 1. The number of aliphatic hydroxyl groups is 1. The Morgan fingerprint density at radius 2 is 1.96 bits per heavy atom. The summed E-state index contributed by atoms with van der Waals surface area (Å²) >= 11 is 7.12. The Morgan fingerprint density at radius 3 is 2.71 bits per heavy atom. The van der Waals surface area contributed by atoms with Gasteiger partial charge >= 0.3 is 0 Å². The van der Waals surface area contributed by atoms with Crippen LogP contribution in [0.1, 0.15) is 16.8 Å². The molecule has 1 unspecified atom stereocenters. The highest BCUT2D eigenvalue weighted by Crippen LogP contribution is 2.26. The summed E-state index contributed by atoms with van der Waals surface area (Å²) in [6.45, 7) is 1.63. The van der Waals surface area contributed by atoms with Crippen molar-refractivity contribution in [2.45, 2.75) is 30.8 Å². The smallest absolute Gasteiger partial charge is 0.263 e. The van der Waals surface area contributed by atoms with Gasteiger partial charge in [-0.1, -0.05) is 35.9 Å². The van der Waals surface area contributed by atoms with Crippen molar-refractivity contribution >= 4 is 38.1 Å². The number of rotatable bonds is 7. The van der Waals surface area contributed by atoms with Crippen molar-refractivity contribution in [3.05, 3.63) is 75.5 Å². The minimum absolute atomic E-state index is 0.0799. The number of aliphatic hydroxyl groups excluding tert-OH is 1. The molecule has 2 aromatic carbocycles. The molecule has 0 saturated heterocycles. The van der Waals surface area contributed by atoms with E-state index in [1.807, 2.05) is 0 Å². The van der Waals surface area contributed by atoms with Gasteiger partial charge in [-0.25, -0.2) is 17.8 Å². The standard InChI is InChI=1S/C19H18ClFN2O3S2/c1-12-16(20)6-4-8-18(12)28(25,26)23-19-22-14(11-27-19)10-15(24)9-13-5-2-3-7-17(13)21/h2-8,11,15,24H,9-10H2,1H3,(H,22,23). The third kappa shape index (κ3) is 4.88. The molecule has 28 heavy (non-hydrogen) atoms. The minimum Gasteiger partial charge on any atom is -0.392 e. The van der Waals surface area contributed by atoms with Crippen LogP contribution in [0.3, 0.4) is 0 Å². The van der Waals surface area contributed by atoms with E-state index in [1.54, 1.807) is 42.6 Å². The quantitative estimate of drug-likeness (QED) is 0.577. The molecular weight excluding hydrogens is 423 g/mol. The highest BCUT2D eigenvalue weighted by atomic mass is 35.5. The Morgan fingerprint density at radius 1 is 1.21 bits per heavy atom. The summed E-state index contributed by atoms with van der Waals surface area (Å²) < 4.78 is 41.3. The highest BCUT2D eigenvalue weighted by Gasteiger charge is 2.20. The molecule has 5 nitrogen and oxygen atoms in total. The van der Waals surface area contributed by atoms with E-state index >= 15 is 0 Å². The third-order valence-corrected chi connectivity index (χ3v) is 6.97. The molecule has 0 amide bonds. The molecule has 2 N–H and O–H groups in total. The molecule has 0 aliphatic carbocycles. The lowest BCUT2D eigenvalue weighted by Gasteiger charge is -2.10. The molecule has 1 aromatic heterocycles. The zero-order chi connectivity index (χ0) is 20.3. The van der Waals surface area contributed by atoms with Gasteiger partial charge in [-0.2, -0.15) is 0 Å². The third-order valence-electron chi connectivity index (χ3n) is 4.14. The summed E-state index contributed by atoms with van der Waals surface area (Å²) in [4.78, 5) is 4.30. The van der Waals surface area contributed by atoms with Gasteiger partial charge in [-0.15, -0.1) is 11.3 Å². The molecular formula is C19H18ClFN2O3S2. The van der Waals surface area contributed by atoms with Gasteiger partial charge in [0, 0.05) is 23.2 Å². The number of aromatic nitrogens is 1. The molecule has 148 valence electrons. The topological polar surface area (TPSA) is 79.3 Å². The fourth-order valence-electron chi connectivity index (χ4n) is 2.73. The van der Waals surface area contributed by atoms with Crippen LogP contribution in [0, 0.1) is 12.7 Å². The summed E-state index contributed by atoms with van der Waals surface area (Å²) in [5.41, 5.74) is 1.39. The van der Waals surface area contributed by atoms with Gasteiger partial charge in [-0.05, 0) is 36.2 Å². The highest BCUT2D eigenvalue weighted by molar-refractivity contribution is 7.93. The fraction of sp³-hybridized carbons (Fsp3) is 0.211. The van der Waals surface area contributed by atoms with Crippen molar-refractivity contribution in [1.82, 2.24) is 4.98 Å². The first-order valence-electron chi connectivity index (χ1n) is 8.40. The van der Waals surface area contributed by atoms with Gasteiger partial charge in [0.15, 0.2) is 5.13 Å². The maximum atomic E-state index is 13.7. The number of sulfonamides is 1. The summed E-state index contributed by atoms with van der Waals surface area (Å²) in [5.74, 6) is -0.370. The van der Waals surface area contributed by atoms with E-state index in [0.29, 0.717) is 21.8 Å². The largest absolute Gasteiger partial charge is 0.392 e. The number of nitrogens with zero attached hydrogens (tertiary/aromatic N) is 1. The average Bonchev–Trinajstić information content (AvgIpc) is 3.05. The van der Waals surface area contributed by atoms with Gasteiger partial charge < -0.3 is 5.11 Å². The van der Waals surface area contributed by atoms with Crippen LogP contribution < -0.4 is 4.72 Å². The van der Waals surface area contributed by atoms with Crippen LogP contribution in [-0.4, -0.2) is 24.6 Å². The lowest BCUT2D eigenvalue weighted by Crippen LogP contribution is -2.16. The summed E-state index contributed by atoms with van der Waals surface area (Å²) in [7, 11) is -3.83. The number of benzene rings is 2. The predicted octanol–water partition coefficient (Wildman–Crippen LogP) is 4.19. The maximum absolute atomic E-state index is 13.7. The zero-order valence-electron chi connectivity index (χ0n) is 14.9. The zero-order valence-corrected chi connectivity index (χ0v) is 17.3. The molecule has 0 saturated carbocycles. The Bertz CT molecular complexity index is 1090. The van der Waals surface area contributed by atoms with E-state index in [0.717, 1.165) is 11.3 Å². The van der Waals surface area contributed by atoms with E-state index in [9.17, 15) is 17.9 Å². The maximum Gasteiger partial charge on any atom is 0.263 e. The second-order valence-corrected chi connectivity index (χ2v) is 9.18. The van der Waals surface area contributed by atoms with Gasteiger partial charge in [0.05, 0.1) is 16.7 Å². The summed E-state index contributed by atoms with van der Waals surface area (Å²) in [6.07, 6.45) is -0.506. The summed E-state index contributed by atoms with van der Waals surface area (Å²) in [5, 5.41) is 12.4. The SMILES string of the molecule is Cc1c(Cl)cccc1S(=O)(=O)Nc1nc(CC(O)Cc2ccccc2F)cs1. The Kier molecular flexibility index (Phi) is 6.34. The first-order valence-corrected chi connectivity index (χ1v) is 11.1. The van der Waals surface area contributed by atoms with E-state index < -0.39 is 16.1 Å². The second-order valence-electron chi connectivity index (χ2n) is 6.27. The Labute approximate surface area is 171 Å². The van der Waals surface area contributed by atoms with E-state index in [4.69, 9.17) is 11.6 Å². The number of thiazole rings is 1. The average molecular weight is 441 g/mol. The van der Waals surface area contributed by atoms with Crippen LogP contribution in [-0.2, 0) is 22.9 Å². The van der Waals surface area contributed by atoms with Crippen molar-refractivity contribution in [1.29, 1.82) is 0 Å². The van der Waals surface area contributed by atoms with Crippen molar-refractivity contribution in [3.8, 4) is 0 Å². The van der Waals surface area contributed by atoms with Crippen LogP contribution in [0.15, 0.2) is 52.7 Å². The van der Waals surface area contributed by atoms with Crippen LogP contribution in [0.5, 0.6) is 0 Å². The minimum atomic E-state index is -3.83. The van der Waals surface area contributed by atoms with E-state index in [2.05, 4.69) is 9.71 Å².